The second-order valence-electron chi connectivity index (χ2n) is 9.26. The maximum absolute atomic E-state index is 12.9. The minimum atomic E-state index is -0.276. The number of carbonyl (C=O) groups is 3. The zero-order chi connectivity index (χ0) is 22.2. The molecular formula is C26H29N3O3. The molecule has 6 heteroatoms. The molecule has 0 radical (unpaired) electrons. The summed E-state index contributed by atoms with van der Waals surface area (Å²) < 4.78 is 0. The molecule has 2 fully saturated rings. The zero-order valence-electron chi connectivity index (χ0n) is 18.5. The first-order valence-corrected chi connectivity index (χ1v) is 11.6. The van der Waals surface area contributed by atoms with E-state index in [2.05, 4.69) is 54.3 Å². The van der Waals surface area contributed by atoms with Crippen LogP contribution < -0.4 is 0 Å². The van der Waals surface area contributed by atoms with Gasteiger partial charge in [-0.15, -0.1) is 0 Å². The Hall–Kier alpha value is -2.99. The fourth-order valence-corrected chi connectivity index (χ4v) is 5.33. The molecule has 0 aliphatic carbocycles. The molecule has 1 unspecified atom stereocenters. The highest BCUT2D eigenvalue weighted by Gasteiger charge is 2.39. The molecule has 0 bridgehead atoms. The molecule has 0 N–H and O–H groups in total. The number of carbonyl (C=O) groups excluding carboxylic acids is 3. The number of imide groups is 1. The van der Waals surface area contributed by atoms with E-state index in [1.165, 1.54) is 16.1 Å². The minimum absolute atomic E-state index is 0.249. The number of piperidine rings is 2. The van der Waals surface area contributed by atoms with Crippen LogP contribution in [0.2, 0.25) is 0 Å². The van der Waals surface area contributed by atoms with Crippen molar-refractivity contribution in [1.29, 1.82) is 0 Å². The van der Waals surface area contributed by atoms with Gasteiger partial charge >= 0.3 is 0 Å². The molecule has 6 nitrogen and oxygen atoms in total. The number of likely N-dealkylation sites (tertiary alicyclic amines) is 1. The number of hydrogen-bond donors (Lipinski definition) is 0. The average molecular weight is 432 g/mol. The van der Waals surface area contributed by atoms with Crippen molar-refractivity contribution in [3.63, 3.8) is 0 Å². The van der Waals surface area contributed by atoms with Crippen molar-refractivity contribution in [2.75, 3.05) is 6.54 Å². The van der Waals surface area contributed by atoms with Crippen LogP contribution in [0.1, 0.15) is 72.0 Å². The monoisotopic (exact) mass is 431 g/mol. The van der Waals surface area contributed by atoms with E-state index in [0.29, 0.717) is 43.3 Å². The van der Waals surface area contributed by atoms with Crippen molar-refractivity contribution < 1.29 is 14.4 Å². The Balaban J connectivity index is 1.28. The standard InChI is InChI=1S/C26H29N3O3/c1-18-14-21(12-13-27(18)16-19-6-3-2-4-7-19)20-10-11-23-22(15-20)17-28(26(23)32)29-24(30)8-5-9-25(29)31/h2-4,6-7,10-11,15,18,21H,5,8-9,12-14,16-17H2,1H3/t18-,21?/m0/s1. The first kappa shape index (κ1) is 20.9. The predicted octanol–water partition coefficient (Wildman–Crippen LogP) is 3.86. The van der Waals surface area contributed by atoms with Crippen LogP contribution >= 0.6 is 0 Å². The molecule has 3 heterocycles. The van der Waals surface area contributed by atoms with Crippen LogP contribution in [0.3, 0.4) is 0 Å². The fourth-order valence-electron chi connectivity index (χ4n) is 5.33. The molecule has 32 heavy (non-hydrogen) atoms. The van der Waals surface area contributed by atoms with E-state index in [1.54, 1.807) is 0 Å². The zero-order valence-corrected chi connectivity index (χ0v) is 18.5. The largest absolute Gasteiger partial charge is 0.296 e. The molecule has 2 aromatic rings. The highest BCUT2D eigenvalue weighted by molar-refractivity contribution is 6.04. The fraction of sp³-hybridized carbons (Fsp3) is 0.423. The van der Waals surface area contributed by atoms with Gasteiger partial charge in [0.05, 0.1) is 6.54 Å². The molecule has 2 saturated heterocycles. The number of rotatable bonds is 4. The Morgan fingerprint density at radius 2 is 1.72 bits per heavy atom. The highest BCUT2D eigenvalue weighted by atomic mass is 16.2. The van der Waals surface area contributed by atoms with Gasteiger partial charge in [-0.2, -0.15) is 5.01 Å². The molecule has 2 atom stereocenters. The Bertz CT molecular complexity index is 1040. The maximum atomic E-state index is 12.9. The molecule has 0 aromatic heterocycles. The summed E-state index contributed by atoms with van der Waals surface area (Å²) in [7, 11) is 0. The van der Waals surface area contributed by atoms with E-state index in [4.69, 9.17) is 0 Å². The summed E-state index contributed by atoms with van der Waals surface area (Å²) in [5.41, 5.74) is 4.11. The molecule has 0 saturated carbocycles. The minimum Gasteiger partial charge on any atom is -0.296 e. The van der Waals surface area contributed by atoms with Crippen LogP contribution in [-0.4, -0.2) is 45.2 Å². The van der Waals surface area contributed by atoms with Gasteiger partial charge in [0.2, 0.25) is 11.8 Å². The smallest absolute Gasteiger partial charge is 0.273 e. The van der Waals surface area contributed by atoms with Crippen molar-refractivity contribution in [2.24, 2.45) is 0 Å². The second-order valence-corrected chi connectivity index (χ2v) is 9.26. The normalized spacial score (nSPS) is 24.2. The Morgan fingerprint density at radius 3 is 2.44 bits per heavy atom. The van der Waals surface area contributed by atoms with Gasteiger partial charge in [0, 0.05) is 31.0 Å². The second kappa shape index (κ2) is 8.51. The predicted molar refractivity (Wildman–Crippen MR) is 120 cm³/mol. The molecular weight excluding hydrogens is 402 g/mol. The number of amides is 3. The molecule has 0 spiro atoms. The molecule has 5 rings (SSSR count). The highest BCUT2D eigenvalue weighted by Crippen LogP contribution is 2.35. The van der Waals surface area contributed by atoms with E-state index in [0.717, 1.165) is 36.5 Å². The first-order chi connectivity index (χ1) is 15.5. The maximum Gasteiger partial charge on any atom is 0.273 e. The van der Waals surface area contributed by atoms with E-state index < -0.39 is 0 Å². The van der Waals surface area contributed by atoms with Crippen LogP contribution in [0, 0.1) is 0 Å². The van der Waals surface area contributed by atoms with Crippen LogP contribution in [0.15, 0.2) is 48.5 Å². The van der Waals surface area contributed by atoms with Gasteiger partial charge in [0.25, 0.3) is 5.91 Å². The van der Waals surface area contributed by atoms with Crippen LogP contribution in [-0.2, 0) is 22.7 Å². The van der Waals surface area contributed by atoms with Crippen LogP contribution in [0.5, 0.6) is 0 Å². The van der Waals surface area contributed by atoms with Crippen molar-refractivity contribution in [1.82, 2.24) is 14.9 Å². The topological polar surface area (TPSA) is 60.9 Å². The Labute approximate surface area is 188 Å². The summed E-state index contributed by atoms with van der Waals surface area (Å²) in [5.74, 6) is -0.351. The number of fused-ring (bicyclic) bond motifs is 1. The van der Waals surface area contributed by atoms with Gasteiger partial charge in [0.1, 0.15) is 0 Å². The van der Waals surface area contributed by atoms with Crippen LogP contribution in [0.4, 0.5) is 0 Å². The van der Waals surface area contributed by atoms with Gasteiger partial charge < -0.3 is 0 Å². The van der Waals surface area contributed by atoms with Crippen molar-refractivity contribution in [2.45, 2.75) is 64.1 Å². The number of nitrogens with zero attached hydrogens (tertiary/aromatic N) is 3. The summed E-state index contributed by atoms with van der Waals surface area (Å²) in [4.78, 5) is 40.1. The third-order valence-electron chi connectivity index (χ3n) is 7.12. The number of hydrazine groups is 1. The third kappa shape index (κ3) is 3.84. The van der Waals surface area contributed by atoms with Gasteiger partial charge in [-0.1, -0.05) is 42.5 Å². The number of benzene rings is 2. The van der Waals surface area contributed by atoms with Gasteiger partial charge in [-0.25, -0.2) is 5.01 Å². The summed E-state index contributed by atoms with van der Waals surface area (Å²) in [6, 6.07) is 17.1. The lowest BCUT2D eigenvalue weighted by atomic mass is 9.84. The lowest BCUT2D eigenvalue weighted by molar-refractivity contribution is -0.163. The third-order valence-corrected chi connectivity index (χ3v) is 7.12. The molecule has 2 aromatic carbocycles. The van der Waals surface area contributed by atoms with E-state index in [1.807, 2.05) is 6.07 Å². The van der Waals surface area contributed by atoms with Crippen LogP contribution in [0.25, 0.3) is 0 Å². The number of hydrogen-bond acceptors (Lipinski definition) is 4. The Kier molecular flexibility index (Phi) is 5.55. The van der Waals surface area contributed by atoms with Crippen molar-refractivity contribution in [3.05, 3.63) is 70.8 Å². The SMILES string of the molecule is C[C@H]1CC(c2ccc3c(c2)CN(N2C(=O)CCCC2=O)C3=O)CCN1Cc1ccccc1. The summed E-state index contributed by atoms with van der Waals surface area (Å²) in [6.07, 6.45) is 3.35. The quantitative estimate of drug-likeness (QED) is 0.690. The Morgan fingerprint density at radius 1 is 0.969 bits per heavy atom. The van der Waals surface area contributed by atoms with Crippen molar-refractivity contribution >= 4 is 17.7 Å². The molecule has 3 amide bonds. The lowest BCUT2D eigenvalue weighted by Crippen LogP contribution is -2.51. The summed E-state index contributed by atoms with van der Waals surface area (Å²) in [6.45, 7) is 4.60. The van der Waals surface area contributed by atoms with Gasteiger partial charge in [0.15, 0.2) is 0 Å². The van der Waals surface area contributed by atoms with E-state index in [-0.39, 0.29) is 17.7 Å². The first-order valence-electron chi connectivity index (χ1n) is 11.6. The average Bonchev–Trinajstić information content (AvgIpc) is 3.11. The lowest BCUT2D eigenvalue weighted by Gasteiger charge is -2.38. The van der Waals surface area contributed by atoms with Crippen molar-refractivity contribution in [3.8, 4) is 0 Å². The summed E-state index contributed by atoms with van der Waals surface area (Å²) >= 11 is 0. The molecule has 3 aliphatic heterocycles. The van der Waals surface area contributed by atoms with E-state index >= 15 is 0 Å². The van der Waals surface area contributed by atoms with Gasteiger partial charge in [-0.05, 0) is 61.4 Å². The van der Waals surface area contributed by atoms with E-state index in [9.17, 15) is 14.4 Å². The van der Waals surface area contributed by atoms with Gasteiger partial charge in [-0.3, -0.25) is 19.3 Å². The summed E-state index contributed by atoms with van der Waals surface area (Å²) in [5, 5.41) is 2.42. The molecule has 3 aliphatic rings. The molecule has 166 valence electrons.